The predicted octanol–water partition coefficient (Wildman–Crippen LogP) is 4.29. The number of ether oxygens (including phenoxy) is 2. The molecule has 3 rings (SSSR count). The molecule has 2 aromatic carbocycles. The first-order valence-corrected chi connectivity index (χ1v) is 11.7. The Morgan fingerprint density at radius 1 is 1.12 bits per heavy atom. The molecule has 0 aliphatic heterocycles. The minimum atomic E-state index is -0.466. The molecule has 0 N–H and O–H groups in total. The fourth-order valence-electron chi connectivity index (χ4n) is 3.02. The van der Waals surface area contributed by atoms with E-state index in [1.54, 1.807) is 47.5 Å². The Morgan fingerprint density at radius 2 is 1.91 bits per heavy atom. The van der Waals surface area contributed by atoms with Gasteiger partial charge in [-0.2, -0.15) is 4.99 Å². The molecule has 0 radical (unpaired) electrons. The number of thiazole rings is 1. The molecule has 0 spiro atoms. The van der Waals surface area contributed by atoms with Gasteiger partial charge in [0.1, 0.15) is 6.54 Å². The molecule has 1 heterocycles. The van der Waals surface area contributed by atoms with Gasteiger partial charge in [0.25, 0.3) is 5.91 Å². The van der Waals surface area contributed by atoms with Crippen LogP contribution in [0, 0.1) is 0 Å². The molecule has 0 fully saturated rings. The highest BCUT2D eigenvalue weighted by molar-refractivity contribution is 7.99. The van der Waals surface area contributed by atoms with Gasteiger partial charge < -0.3 is 14.0 Å². The average Bonchev–Trinajstić information content (AvgIpc) is 3.09. The Labute approximate surface area is 194 Å². The lowest BCUT2D eigenvalue weighted by Crippen LogP contribution is -2.23. The number of hydrogen-bond donors (Lipinski definition) is 0. The van der Waals surface area contributed by atoms with Gasteiger partial charge >= 0.3 is 11.9 Å². The van der Waals surface area contributed by atoms with Crippen molar-refractivity contribution in [1.29, 1.82) is 0 Å². The molecular weight excluding hydrogens is 448 g/mol. The van der Waals surface area contributed by atoms with Crippen molar-refractivity contribution < 1.29 is 23.9 Å². The largest absolute Gasteiger partial charge is 0.465 e. The second-order valence-electron chi connectivity index (χ2n) is 7.06. The molecular formula is C23H24N2O5S2. The van der Waals surface area contributed by atoms with Gasteiger partial charge in [0.2, 0.25) is 0 Å². The first-order valence-electron chi connectivity index (χ1n) is 10.1. The van der Waals surface area contributed by atoms with E-state index < -0.39 is 17.8 Å². The third-order valence-electron chi connectivity index (χ3n) is 4.35. The number of fused-ring (bicyclic) bond motifs is 1. The van der Waals surface area contributed by atoms with Crippen LogP contribution in [0.3, 0.4) is 0 Å². The van der Waals surface area contributed by atoms with Gasteiger partial charge in [0.05, 0.1) is 29.5 Å². The zero-order valence-electron chi connectivity index (χ0n) is 18.3. The summed E-state index contributed by atoms with van der Waals surface area (Å²) in [6.45, 7) is 6.05. The number of esters is 2. The highest BCUT2D eigenvalue weighted by Crippen LogP contribution is 2.24. The Hall–Kier alpha value is -2.91. The van der Waals surface area contributed by atoms with Crippen LogP contribution in [0.2, 0.25) is 0 Å². The summed E-state index contributed by atoms with van der Waals surface area (Å²) >= 11 is 2.88. The van der Waals surface area contributed by atoms with Gasteiger partial charge in [-0.05, 0) is 43.3 Å². The molecule has 168 valence electrons. The van der Waals surface area contributed by atoms with Crippen LogP contribution in [-0.4, -0.2) is 41.4 Å². The monoisotopic (exact) mass is 472 g/mol. The summed E-state index contributed by atoms with van der Waals surface area (Å²) in [6, 6.07) is 12.3. The van der Waals surface area contributed by atoms with Gasteiger partial charge in [0.15, 0.2) is 4.80 Å². The van der Waals surface area contributed by atoms with Crippen LogP contribution in [0.4, 0.5) is 0 Å². The van der Waals surface area contributed by atoms with E-state index in [9.17, 15) is 14.4 Å². The van der Waals surface area contributed by atoms with Crippen LogP contribution in [0.15, 0.2) is 52.4 Å². The van der Waals surface area contributed by atoms with E-state index in [1.807, 2.05) is 18.2 Å². The van der Waals surface area contributed by atoms with Crippen LogP contribution < -0.4 is 4.80 Å². The third-order valence-corrected chi connectivity index (χ3v) is 6.39. The van der Waals surface area contributed by atoms with Crippen LogP contribution in [0.1, 0.15) is 41.5 Å². The minimum Gasteiger partial charge on any atom is -0.465 e. The Kier molecular flexibility index (Phi) is 7.87. The van der Waals surface area contributed by atoms with Crippen molar-refractivity contribution in [2.24, 2.45) is 4.99 Å². The molecule has 0 unspecified atom stereocenters. The topological polar surface area (TPSA) is 87.0 Å². The van der Waals surface area contributed by atoms with Crippen LogP contribution in [0.25, 0.3) is 10.2 Å². The number of thioether (sulfide) groups is 1. The van der Waals surface area contributed by atoms with E-state index >= 15 is 0 Å². The van der Waals surface area contributed by atoms with Crippen LogP contribution >= 0.6 is 23.1 Å². The SMILES string of the molecule is CCOC(=O)Cn1c(=NC(=O)c2cccc(SC(C)C)c2)sc2cc(C(=O)OC)ccc21. The Balaban J connectivity index is 2.08. The van der Waals surface area contributed by atoms with Crippen molar-refractivity contribution in [3.05, 3.63) is 58.4 Å². The first kappa shape index (κ1) is 23.7. The molecule has 0 aliphatic rings. The number of rotatable bonds is 7. The zero-order chi connectivity index (χ0) is 23.3. The van der Waals surface area contributed by atoms with Crippen molar-refractivity contribution in [3.8, 4) is 0 Å². The summed E-state index contributed by atoms with van der Waals surface area (Å²) in [5.74, 6) is -1.31. The molecule has 3 aromatic rings. The summed E-state index contributed by atoms with van der Waals surface area (Å²) < 4.78 is 12.2. The van der Waals surface area contributed by atoms with E-state index in [0.29, 0.717) is 31.4 Å². The summed E-state index contributed by atoms with van der Waals surface area (Å²) in [6.07, 6.45) is 0. The summed E-state index contributed by atoms with van der Waals surface area (Å²) in [7, 11) is 1.31. The number of nitrogens with zero attached hydrogens (tertiary/aromatic N) is 2. The van der Waals surface area contributed by atoms with Crippen molar-refractivity contribution in [3.63, 3.8) is 0 Å². The maximum atomic E-state index is 12.9. The van der Waals surface area contributed by atoms with E-state index in [2.05, 4.69) is 18.8 Å². The zero-order valence-corrected chi connectivity index (χ0v) is 19.9. The van der Waals surface area contributed by atoms with Crippen molar-refractivity contribution in [1.82, 2.24) is 4.57 Å². The van der Waals surface area contributed by atoms with Gasteiger partial charge in [-0.25, -0.2) is 4.79 Å². The summed E-state index contributed by atoms with van der Waals surface area (Å²) in [5.41, 5.74) is 1.51. The molecule has 0 saturated carbocycles. The van der Waals surface area contributed by atoms with E-state index in [1.165, 1.54) is 18.4 Å². The fourth-order valence-corrected chi connectivity index (χ4v) is 4.98. The highest BCUT2D eigenvalue weighted by Gasteiger charge is 2.15. The molecule has 32 heavy (non-hydrogen) atoms. The third kappa shape index (κ3) is 5.66. The van der Waals surface area contributed by atoms with Crippen molar-refractivity contribution in [2.45, 2.75) is 37.5 Å². The maximum Gasteiger partial charge on any atom is 0.337 e. The molecule has 9 heteroatoms. The molecule has 7 nitrogen and oxygen atoms in total. The number of carbonyl (C=O) groups is 3. The highest BCUT2D eigenvalue weighted by atomic mass is 32.2. The lowest BCUT2D eigenvalue weighted by Gasteiger charge is -2.06. The lowest BCUT2D eigenvalue weighted by molar-refractivity contribution is -0.143. The van der Waals surface area contributed by atoms with E-state index in [0.717, 1.165) is 4.90 Å². The number of methoxy groups -OCH3 is 1. The van der Waals surface area contributed by atoms with Crippen LogP contribution in [-0.2, 0) is 20.8 Å². The molecule has 0 aliphatic carbocycles. The summed E-state index contributed by atoms with van der Waals surface area (Å²) in [5, 5.41) is 0.385. The molecule has 0 atom stereocenters. The van der Waals surface area contributed by atoms with Gasteiger partial charge in [0, 0.05) is 15.7 Å². The number of amides is 1. The molecule has 1 aromatic heterocycles. The molecule has 0 saturated heterocycles. The number of carbonyl (C=O) groups excluding carboxylic acids is 3. The normalized spacial score (nSPS) is 11.7. The van der Waals surface area contributed by atoms with Gasteiger partial charge in [-0.3, -0.25) is 9.59 Å². The second-order valence-corrected chi connectivity index (χ2v) is 9.72. The minimum absolute atomic E-state index is 0.0965. The van der Waals surface area contributed by atoms with Gasteiger partial charge in [-0.1, -0.05) is 31.3 Å². The lowest BCUT2D eigenvalue weighted by atomic mass is 10.2. The molecule has 1 amide bonds. The molecule has 0 bridgehead atoms. The van der Waals surface area contributed by atoms with Crippen LogP contribution in [0.5, 0.6) is 0 Å². The Bertz CT molecular complexity index is 1230. The number of hydrogen-bond acceptors (Lipinski definition) is 7. The number of benzene rings is 2. The second kappa shape index (κ2) is 10.6. The van der Waals surface area contributed by atoms with Crippen molar-refractivity contribution in [2.75, 3.05) is 13.7 Å². The Morgan fingerprint density at radius 3 is 2.59 bits per heavy atom. The van der Waals surface area contributed by atoms with Gasteiger partial charge in [-0.15, -0.1) is 11.8 Å². The van der Waals surface area contributed by atoms with E-state index in [4.69, 9.17) is 9.47 Å². The standard InChI is InChI=1S/C23H24N2O5S2/c1-5-30-20(26)13-25-18-10-9-16(22(28)29-4)12-19(18)32-23(25)24-21(27)15-7-6-8-17(11-15)31-14(2)3/h6-12,14H,5,13H2,1-4H3. The maximum absolute atomic E-state index is 12.9. The smallest absolute Gasteiger partial charge is 0.337 e. The van der Waals surface area contributed by atoms with E-state index in [-0.39, 0.29) is 13.2 Å². The first-order chi connectivity index (χ1) is 15.3. The quantitative estimate of drug-likeness (QED) is 0.377. The predicted molar refractivity (Wildman–Crippen MR) is 125 cm³/mol. The van der Waals surface area contributed by atoms with Crippen molar-refractivity contribution >= 4 is 51.2 Å². The fraction of sp³-hybridized carbons (Fsp3) is 0.304. The average molecular weight is 473 g/mol. The summed E-state index contributed by atoms with van der Waals surface area (Å²) in [4.78, 5) is 42.7. The number of aromatic nitrogens is 1.